The standard InChI is InChI=1S/C18H23N3O4/c1-12-16(25-15-5-3-2-4-14(15)24-12)17(22)20-9-6-13(7-10-20)21-11-8-19-18(21)23/h2-5,12-13,16H,6-11H2,1H3,(H,19,23). The van der Waals surface area contributed by atoms with Crippen LogP contribution in [0, 0.1) is 0 Å². The van der Waals surface area contributed by atoms with Crippen molar-refractivity contribution in [2.75, 3.05) is 26.2 Å². The van der Waals surface area contributed by atoms with E-state index >= 15 is 0 Å². The molecule has 0 saturated carbocycles. The largest absolute Gasteiger partial charge is 0.482 e. The van der Waals surface area contributed by atoms with Crippen LogP contribution in [0.1, 0.15) is 19.8 Å². The molecule has 2 atom stereocenters. The van der Waals surface area contributed by atoms with E-state index in [-0.39, 0.29) is 24.1 Å². The number of fused-ring (bicyclic) bond motifs is 1. The van der Waals surface area contributed by atoms with Gasteiger partial charge in [0.2, 0.25) is 6.10 Å². The first-order chi connectivity index (χ1) is 12.1. The molecule has 134 valence electrons. The highest BCUT2D eigenvalue weighted by atomic mass is 16.6. The van der Waals surface area contributed by atoms with Crippen molar-refractivity contribution < 1.29 is 19.1 Å². The zero-order valence-electron chi connectivity index (χ0n) is 14.3. The Balaban J connectivity index is 1.38. The maximum atomic E-state index is 12.9. The molecule has 2 saturated heterocycles. The molecule has 1 aromatic carbocycles. The van der Waals surface area contributed by atoms with Crippen LogP contribution in [0.4, 0.5) is 4.79 Å². The average Bonchev–Trinajstić information content (AvgIpc) is 3.06. The lowest BCUT2D eigenvalue weighted by Gasteiger charge is -2.39. The zero-order valence-corrected chi connectivity index (χ0v) is 14.3. The Morgan fingerprint density at radius 1 is 1.12 bits per heavy atom. The number of ether oxygens (including phenoxy) is 2. The van der Waals surface area contributed by atoms with E-state index in [1.165, 1.54) is 0 Å². The third-order valence-electron chi connectivity index (χ3n) is 5.19. The van der Waals surface area contributed by atoms with E-state index in [9.17, 15) is 9.59 Å². The Morgan fingerprint density at radius 2 is 1.80 bits per heavy atom. The molecule has 3 heterocycles. The molecule has 0 bridgehead atoms. The van der Waals surface area contributed by atoms with Crippen molar-refractivity contribution in [3.8, 4) is 11.5 Å². The highest BCUT2D eigenvalue weighted by Crippen LogP contribution is 2.34. The molecule has 0 radical (unpaired) electrons. The Hall–Kier alpha value is -2.44. The fourth-order valence-electron chi connectivity index (χ4n) is 3.80. The minimum atomic E-state index is -0.624. The maximum absolute atomic E-state index is 12.9. The van der Waals surface area contributed by atoms with Gasteiger partial charge in [-0.15, -0.1) is 0 Å². The summed E-state index contributed by atoms with van der Waals surface area (Å²) >= 11 is 0. The SMILES string of the molecule is CC1Oc2ccccc2OC1C(=O)N1CCC(N2CCNC2=O)CC1. The van der Waals surface area contributed by atoms with E-state index < -0.39 is 6.10 Å². The molecule has 1 N–H and O–H groups in total. The summed E-state index contributed by atoms with van der Waals surface area (Å²) in [7, 11) is 0. The van der Waals surface area contributed by atoms with Crippen LogP contribution in [0.15, 0.2) is 24.3 Å². The van der Waals surface area contributed by atoms with Gasteiger partial charge in [0.1, 0.15) is 6.10 Å². The van der Waals surface area contributed by atoms with E-state index in [2.05, 4.69) is 5.32 Å². The van der Waals surface area contributed by atoms with Crippen molar-refractivity contribution in [3.63, 3.8) is 0 Å². The van der Waals surface area contributed by atoms with Crippen molar-refractivity contribution in [1.82, 2.24) is 15.1 Å². The van der Waals surface area contributed by atoms with Crippen LogP contribution in [0.5, 0.6) is 11.5 Å². The van der Waals surface area contributed by atoms with Gasteiger partial charge in [-0.3, -0.25) is 4.79 Å². The summed E-state index contributed by atoms with van der Waals surface area (Å²) in [6.45, 7) is 4.61. The number of para-hydroxylation sites is 2. The normalized spacial score (nSPS) is 26.5. The Labute approximate surface area is 146 Å². The highest BCUT2D eigenvalue weighted by Gasteiger charge is 2.39. The molecule has 3 aliphatic heterocycles. The van der Waals surface area contributed by atoms with E-state index in [1.54, 1.807) is 0 Å². The van der Waals surface area contributed by atoms with Crippen LogP contribution in [0.3, 0.4) is 0 Å². The molecule has 4 rings (SSSR count). The van der Waals surface area contributed by atoms with Crippen LogP contribution in [-0.4, -0.2) is 66.2 Å². The first-order valence-electron chi connectivity index (χ1n) is 8.89. The predicted octanol–water partition coefficient (Wildman–Crippen LogP) is 1.23. The molecule has 3 amide bonds. The van der Waals surface area contributed by atoms with Gasteiger partial charge >= 0.3 is 6.03 Å². The highest BCUT2D eigenvalue weighted by molar-refractivity contribution is 5.82. The second kappa shape index (κ2) is 6.46. The molecule has 0 aromatic heterocycles. The summed E-state index contributed by atoms with van der Waals surface area (Å²) in [6.07, 6.45) is 0.654. The van der Waals surface area contributed by atoms with Crippen molar-refractivity contribution in [3.05, 3.63) is 24.3 Å². The van der Waals surface area contributed by atoms with Gasteiger partial charge in [0.25, 0.3) is 5.91 Å². The number of nitrogens with one attached hydrogen (secondary N) is 1. The number of urea groups is 1. The lowest BCUT2D eigenvalue weighted by molar-refractivity contribution is -0.145. The third-order valence-corrected chi connectivity index (χ3v) is 5.19. The van der Waals surface area contributed by atoms with Crippen LogP contribution in [-0.2, 0) is 4.79 Å². The fraction of sp³-hybridized carbons (Fsp3) is 0.556. The van der Waals surface area contributed by atoms with E-state index in [0.717, 1.165) is 19.4 Å². The number of piperidine rings is 1. The van der Waals surface area contributed by atoms with Gasteiger partial charge in [-0.2, -0.15) is 0 Å². The van der Waals surface area contributed by atoms with Crippen molar-refractivity contribution >= 4 is 11.9 Å². The number of carbonyl (C=O) groups is 2. The minimum absolute atomic E-state index is 0.0130. The van der Waals surface area contributed by atoms with Crippen LogP contribution < -0.4 is 14.8 Å². The molecular formula is C18H23N3O4. The number of rotatable bonds is 2. The number of hydrogen-bond acceptors (Lipinski definition) is 4. The topological polar surface area (TPSA) is 71.1 Å². The third kappa shape index (κ3) is 2.99. The quantitative estimate of drug-likeness (QED) is 0.875. The molecule has 1 aromatic rings. The van der Waals surface area contributed by atoms with Crippen molar-refractivity contribution in [2.24, 2.45) is 0 Å². The first kappa shape index (κ1) is 16.1. The Morgan fingerprint density at radius 3 is 2.44 bits per heavy atom. The van der Waals surface area contributed by atoms with Gasteiger partial charge in [-0.25, -0.2) is 4.79 Å². The van der Waals surface area contributed by atoms with Gasteiger partial charge < -0.3 is 24.6 Å². The number of amides is 3. The van der Waals surface area contributed by atoms with Crippen molar-refractivity contribution in [2.45, 2.75) is 38.0 Å². The Kier molecular flexibility index (Phi) is 4.15. The number of likely N-dealkylation sites (tertiary alicyclic amines) is 1. The number of nitrogens with zero attached hydrogens (tertiary/aromatic N) is 2. The summed E-state index contributed by atoms with van der Waals surface area (Å²) in [5, 5.41) is 2.84. The smallest absolute Gasteiger partial charge is 0.317 e. The monoisotopic (exact) mass is 345 g/mol. The van der Waals surface area contributed by atoms with Crippen LogP contribution in [0.2, 0.25) is 0 Å². The summed E-state index contributed by atoms with van der Waals surface area (Å²) in [4.78, 5) is 28.4. The lowest BCUT2D eigenvalue weighted by Crippen LogP contribution is -2.54. The number of benzene rings is 1. The number of carbonyl (C=O) groups excluding carboxylic acids is 2. The average molecular weight is 345 g/mol. The molecule has 25 heavy (non-hydrogen) atoms. The van der Waals surface area contributed by atoms with E-state index in [0.29, 0.717) is 31.1 Å². The maximum Gasteiger partial charge on any atom is 0.317 e. The van der Waals surface area contributed by atoms with Crippen LogP contribution >= 0.6 is 0 Å². The van der Waals surface area contributed by atoms with Gasteiger partial charge in [-0.05, 0) is 31.9 Å². The summed E-state index contributed by atoms with van der Waals surface area (Å²) in [5.74, 6) is 1.26. The predicted molar refractivity (Wildman–Crippen MR) is 90.7 cm³/mol. The molecule has 0 aliphatic carbocycles. The van der Waals surface area contributed by atoms with E-state index in [4.69, 9.17) is 9.47 Å². The van der Waals surface area contributed by atoms with Crippen molar-refractivity contribution in [1.29, 1.82) is 0 Å². The molecule has 7 heteroatoms. The minimum Gasteiger partial charge on any atom is -0.482 e. The summed E-state index contributed by atoms with van der Waals surface area (Å²) in [6, 6.07) is 7.65. The molecule has 3 aliphatic rings. The Bertz CT molecular complexity index is 672. The first-order valence-corrected chi connectivity index (χ1v) is 8.89. The fourth-order valence-corrected chi connectivity index (χ4v) is 3.80. The second-order valence-corrected chi connectivity index (χ2v) is 6.79. The zero-order chi connectivity index (χ0) is 17.4. The molecule has 7 nitrogen and oxygen atoms in total. The molecule has 0 spiro atoms. The molecular weight excluding hydrogens is 322 g/mol. The second-order valence-electron chi connectivity index (χ2n) is 6.79. The van der Waals surface area contributed by atoms with Gasteiger partial charge in [-0.1, -0.05) is 12.1 Å². The lowest BCUT2D eigenvalue weighted by atomic mass is 10.0. The summed E-state index contributed by atoms with van der Waals surface area (Å²) < 4.78 is 11.8. The van der Waals surface area contributed by atoms with Gasteiger partial charge in [0.05, 0.1) is 0 Å². The van der Waals surface area contributed by atoms with Gasteiger partial charge in [0.15, 0.2) is 11.5 Å². The van der Waals surface area contributed by atoms with E-state index in [1.807, 2.05) is 41.0 Å². The molecule has 2 unspecified atom stereocenters. The molecule has 2 fully saturated rings. The summed E-state index contributed by atoms with van der Waals surface area (Å²) in [5.41, 5.74) is 0. The van der Waals surface area contributed by atoms with Crippen LogP contribution in [0.25, 0.3) is 0 Å². The number of hydrogen-bond donors (Lipinski definition) is 1. The van der Waals surface area contributed by atoms with Gasteiger partial charge in [0, 0.05) is 32.2 Å².